The van der Waals surface area contributed by atoms with Crippen LogP contribution >= 0.6 is 0 Å². The third-order valence-corrected chi connectivity index (χ3v) is 5.85. The molecule has 0 bridgehead atoms. The number of ether oxygens (including phenoxy) is 1. The van der Waals surface area contributed by atoms with Crippen LogP contribution in [0.1, 0.15) is 60.5 Å². The summed E-state index contributed by atoms with van der Waals surface area (Å²) in [6.07, 6.45) is 12.7. The van der Waals surface area contributed by atoms with Crippen LogP contribution in [0.3, 0.4) is 0 Å². The van der Waals surface area contributed by atoms with E-state index < -0.39 is 5.97 Å². The van der Waals surface area contributed by atoms with E-state index in [1.54, 1.807) is 19.1 Å². The van der Waals surface area contributed by atoms with Crippen LogP contribution in [0.2, 0.25) is 0 Å². The molecule has 1 atom stereocenters. The third-order valence-electron chi connectivity index (χ3n) is 5.85. The Hall–Kier alpha value is -3.09. The first-order valence-corrected chi connectivity index (χ1v) is 11.7. The smallest absolute Gasteiger partial charge is 0.338 e. The number of amides is 1. The lowest BCUT2D eigenvalue weighted by atomic mass is 9.96. The van der Waals surface area contributed by atoms with E-state index in [0.717, 1.165) is 38.8 Å². The van der Waals surface area contributed by atoms with Crippen molar-refractivity contribution in [3.8, 4) is 5.75 Å². The zero-order valence-corrected chi connectivity index (χ0v) is 19.6. The summed E-state index contributed by atoms with van der Waals surface area (Å²) >= 11 is 0. The highest BCUT2D eigenvalue weighted by atomic mass is 16.6. The molecular weight excluding hydrogens is 420 g/mol. The number of rotatable bonds is 3. The van der Waals surface area contributed by atoms with Crippen LogP contribution in [0.15, 0.2) is 41.6 Å². The predicted molar refractivity (Wildman–Crippen MR) is 127 cm³/mol. The molecule has 7 nitrogen and oxygen atoms in total. The minimum Gasteiger partial charge on any atom is -0.508 e. The highest BCUT2D eigenvalue weighted by Crippen LogP contribution is 2.24. The number of phenolic OH excluding ortho intramolecular Hbond substituents is 1. The number of carbonyl (C=O) groups excluding carboxylic acids is 2. The standard InChI is InChI=1S/C26H34N2O5/c1-19-10-9-12-28(17-19)24(30)18-33-27-22-11-7-5-3-4-6-8-13-32-26(31)25-20(2)14-23(29)16-21(25)15-22/h4,6-7,11,14,16,19,29H,3,5,8-10,12-13,15,17-18H2,1-2H3/b6-4+,11-7+,27-22+. The van der Waals surface area contributed by atoms with Gasteiger partial charge >= 0.3 is 5.97 Å². The first-order chi connectivity index (χ1) is 15.9. The third kappa shape index (κ3) is 7.48. The number of hydrogen-bond acceptors (Lipinski definition) is 6. The number of fused-ring (bicyclic) bond motifs is 1. The Morgan fingerprint density at radius 2 is 2.03 bits per heavy atom. The van der Waals surface area contributed by atoms with Crippen molar-refractivity contribution in [1.29, 1.82) is 0 Å². The summed E-state index contributed by atoms with van der Waals surface area (Å²) in [4.78, 5) is 32.5. The molecule has 33 heavy (non-hydrogen) atoms. The van der Waals surface area contributed by atoms with Crippen LogP contribution in [0, 0.1) is 12.8 Å². The predicted octanol–water partition coefficient (Wildman–Crippen LogP) is 4.33. The number of hydrogen-bond donors (Lipinski definition) is 1. The van der Waals surface area contributed by atoms with Crippen LogP contribution in [0.25, 0.3) is 0 Å². The van der Waals surface area contributed by atoms with Crippen molar-refractivity contribution in [1.82, 2.24) is 4.90 Å². The minimum absolute atomic E-state index is 0.0709. The van der Waals surface area contributed by atoms with Crippen molar-refractivity contribution in [3.63, 3.8) is 0 Å². The van der Waals surface area contributed by atoms with Gasteiger partial charge in [-0.2, -0.15) is 0 Å². The van der Waals surface area contributed by atoms with Gasteiger partial charge in [0.15, 0.2) is 6.61 Å². The zero-order chi connectivity index (χ0) is 23.6. The van der Waals surface area contributed by atoms with Gasteiger partial charge in [-0.1, -0.05) is 30.3 Å². The lowest BCUT2D eigenvalue weighted by molar-refractivity contribution is -0.137. The fourth-order valence-electron chi connectivity index (χ4n) is 4.20. The van der Waals surface area contributed by atoms with Crippen molar-refractivity contribution < 1.29 is 24.3 Å². The molecule has 0 radical (unpaired) electrons. The molecule has 7 heteroatoms. The van der Waals surface area contributed by atoms with E-state index in [2.05, 4.69) is 18.2 Å². The Kier molecular flexibility index (Phi) is 9.10. The summed E-state index contributed by atoms with van der Waals surface area (Å²) in [5.41, 5.74) is 2.23. The van der Waals surface area contributed by atoms with Gasteiger partial charge < -0.3 is 19.6 Å². The van der Waals surface area contributed by atoms with E-state index in [1.165, 1.54) is 0 Å². The minimum atomic E-state index is -0.424. The molecule has 0 aliphatic carbocycles. The van der Waals surface area contributed by atoms with E-state index in [0.29, 0.717) is 41.3 Å². The normalized spacial score (nSPS) is 23.2. The maximum atomic E-state index is 12.8. The summed E-state index contributed by atoms with van der Waals surface area (Å²) in [5.74, 6) is 0.0736. The molecule has 1 amide bonds. The number of oxime groups is 1. The van der Waals surface area contributed by atoms with Crippen LogP contribution < -0.4 is 0 Å². The lowest BCUT2D eigenvalue weighted by Gasteiger charge is -2.30. The monoisotopic (exact) mass is 454 g/mol. The van der Waals surface area contributed by atoms with Gasteiger partial charge in [0.25, 0.3) is 5.91 Å². The largest absolute Gasteiger partial charge is 0.508 e. The molecular formula is C26H34N2O5. The fourth-order valence-corrected chi connectivity index (χ4v) is 4.20. The van der Waals surface area contributed by atoms with Crippen LogP contribution in [-0.2, 0) is 20.8 Å². The van der Waals surface area contributed by atoms with Gasteiger partial charge in [-0.25, -0.2) is 4.79 Å². The van der Waals surface area contributed by atoms with Gasteiger partial charge in [0.1, 0.15) is 5.75 Å². The number of esters is 1. The SMILES string of the molecule is Cc1cc(O)cc2c1C(=O)OCC/C=C/CC/C=C/C(=N\OCC(=O)N1CCCC(C)C1)C2. The Morgan fingerprint density at radius 3 is 2.85 bits per heavy atom. The molecule has 2 aliphatic rings. The molecule has 2 aliphatic heterocycles. The molecule has 2 heterocycles. The summed E-state index contributed by atoms with van der Waals surface area (Å²) in [6, 6.07) is 3.10. The number of aromatic hydroxyl groups is 1. The second-order valence-electron chi connectivity index (χ2n) is 8.79. The molecule has 0 spiro atoms. The number of cyclic esters (lactones) is 1. The number of allylic oxidation sites excluding steroid dienone is 3. The Balaban J connectivity index is 1.79. The Bertz CT molecular complexity index is 935. The summed E-state index contributed by atoms with van der Waals surface area (Å²) in [6.45, 7) is 5.59. The second kappa shape index (κ2) is 12.2. The van der Waals surface area contributed by atoms with E-state index in [9.17, 15) is 14.7 Å². The maximum absolute atomic E-state index is 12.8. The molecule has 3 rings (SSSR count). The topological polar surface area (TPSA) is 88.4 Å². The zero-order valence-electron chi connectivity index (χ0n) is 19.6. The summed E-state index contributed by atoms with van der Waals surface area (Å²) < 4.78 is 5.45. The number of aryl methyl sites for hydroxylation is 1. The highest BCUT2D eigenvalue weighted by molar-refractivity contribution is 6.00. The Labute approximate surface area is 195 Å². The first-order valence-electron chi connectivity index (χ1n) is 11.7. The van der Waals surface area contributed by atoms with Crippen LogP contribution in [0.4, 0.5) is 0 Å². The number of phenols is 1. The number of carbonyl (C=O) groups is 2. The quantitative estimate of drug-likeness (QED) is 0.417. The molecule has 1 aromatic carbocycles. The van der Waals surface area contributed by atoms with Gasteiger partial charge in [-0.05, 0) is 74.3 Å². The number of likely N-dealkylation sites (tertiary alicyclic amines) is 1. The lowest BCUT2D eigenvalue weighted by Crippen LogP contribution is -2.40. The van der Waals surface area contributed by atoms with Gasteiger partial charge in [-0.15, -0.1) is 0 Å². The summed E-state index contributed by atoms with van der Waals surface area (Å²) in [5, 5.41) is 14.3. The van der Waals surface area contributed by atoms with Crippen LogP contribution in [0.5, 0.6) is 5.75 Å². The highest BCUT2D eigenvalue weighted by Gasteiger charge is 2.22. The van der Waals surface area contributed by atoms with Gasteiger partial charge in [0.05, 0.1) is 17.9 Å². The number of piperidine rings is 1. The second-order valence-corrected chi connectivity index (χ2v) is 8.79. The van der Waals surface area contributed by atoms with Crippen LogP contribution in [-0.4, -0.2) is 53.9 Å². The van der Waals surface area contributed by atoms with E-state index in [1.807, 2.05) is 23.1 Å². The van der Waals surface area contributed by atoms with E-state index in [4.69, 9.17) is 9.57 Å². The molecule has 1 aromatic rings. The first kappa shape index (κ1) is 24.6. The molecule has 178 valence electrons. The molecule has 0 aromatic heterocycles. The summed E-state index contributed by atoms with van der Waals surface area (Å²) in [7, 11) is 0. The van der Waals surface area contributed by atoms with E-state index >= 15 is 0 Å². The van der Waals surface area contributed by atoms with Gasteiger partial charge in [-0.3, -0.25) is 4.79 Å². The fraction of sp³-hybridized carbons (Fsp3) is 0.500. The molecule has 1 fully saturated rings. The number of nitrogens with zero attached hydrogens (tertiary/aromatic N) is 2. The van der Waals surface area contributed by atoms with Crippen molar-refractivity contribution in [3.05, 3.63) is 53.1 Å². The maximum Gasteiger partial charge on any atom is 0.338 e. The Morgan fingerprint density at radius 1 is 1.24 bits per heavy atom. The van der Waals surface area contributed by atoms with Crippen molar-refractivity contribution in [2.75, 3.05) is 26.3 Å². The van der Waals surface area contributed by atoms with Gasteiger partial charge in [0, 0.05) is 19.5 Å². The molecule has 1 N–H and O–H groups in total. The van der Waals surface area contributed by atoms with E-state index in [-0.39, 0.29) is 24.7 Å². The van der Waals surface area contributed by atoms with Gasteiger partial charge in [0.2, 0.25) is 0 Å². The van der Waals surface area contributed by atoms with Crippen molar-refractivity contribution in [2.24, 2.45) is 11.1 Å². The molecule has 1 unspecified atom stereocenters. The number of benzene rings is 1. The molecule has 0 saturated carbocycles. The average Bonchev–Trinajstić information content (AvgIpc) is 2.76. The molecule has 1 saturated heterocycles. The van der Waals surface area contributed by atoms with Crippen molar-refractivity contribution in [2.45, 2.75) is 52.4 Å². The average molecular weight is 455 g/mol. The van der Waals surface area contributed by atoms with Crippen molar-refractivity contribution >= 4 is 17.6 Å².